The molecular weight excluding hydrogens is 136 g/mol. The summed E-state index contributed by atoms with van der Waals surface area (Å²) in [4.78, 5) is 4.22. The van der Waals surface area contributed by atoms with Gasteiger partial charge in [0.2, 0.25) is 0 Å². The molecule has 1 spiro atoms. The van der Waals surface area contributed by atoms with Crippen molar-refractivity contribution in [2.24, 2.45) is 10.4 Å². The molecule has 1 aliphatic carbocycles. The molecule has 0 unspecified atom stereocenters. The molecule has 0 aromatic carbocycles. The Labute approximate surface area is 68.1 Å². The van der Waals surface area contributed by atoms with Crippen molar-refractivity contribution in [2.75, 3.05) is 13.6 Å². The predicted octanol–water partition coefficient (Wildman–Crippen LogP) is 1.22. The average molecular weight is 152 g/mol. The molecule has 1 aliphatic heterocycles. The van der Waals surface area contributed by atoms with E-state index in [1.54, 1.807) is 0 Å². The highest BCUT2D eigenvalue weighted by Gasteiger charge is 2.48. The fourth-order valence-electron chi connectivity index (χ4n) is 1.93. The fourth-order valence-corrected chi connectivity index (χ4v) is 1.93. The van der Waals surface area contributed by atoms with Crippen molar-refractivity contribution in [3.05, 3.63) is 0 Å². The summed E-state index contributed by atoms with van der Waals surface area (Å²) in [6.45, 7) is 3.35. The lowest BCUT2D eigenvalue weighted by Gasteiger charge is -2.08. The van der Waals surface area contributed by atoms with Crippen LogP contribution in [-0.2, 0) is 0 Å². The lowest BCUT2D eigenvalue weighted by molar-refractivity contribution is 0.568. The first kappa shape index (κ1) is 7.29. The van der Waals surface area contributed by atoms with E-state index in [2.05, 4.69) is 17.2 Å². The van der Waals surface area contributed by atoms with E-state index in [-0.39, 0.29) is 0 Å². The van der Waals surface area contributed by atoms with E-state index in [1.165, 1.54) is 31.5 Å². The van der Waals surface area contributed by atoms with Crippen LogP contribution >= 0.6 is 0 Å². The molecule has 0 aromatic heterocycles. The van der Waals surface area contributed by atoms with Gasteiger partial charge >= 0.3 is 0 Å². The molecular formula is C9H16N2. The van der Waals surface area contributed by atoms with Crippen LogP contribution in [-0.4, -0.2) is 25.3 Å². The number of aliphatic imine (C=N–C) groups is 1. The van der Waals surface area contributed by atoms with Crippen molar-refractivity contribution in [2.45, 2.75) is 32.2 Å². The summed E-state index contributed by atoms with van der Waals surface area (Å²) in [6.07, 6.45) is 4.21. The van der Waals surface area contributed by atoms with Crippen LogP contribution < -0.4 is 5.32 Å². The van der Waals surface area contributed by atoms with Crippen molar-refractivity contribution < 1.29 is 0 Å². The fraction of sp³-hybridized carbons (Fsp3) is 0.889. The molecule has 62 valence electrons. The highest BCUT2D eigenvalue weighted by Crippen LogP contribution is 2.51. The first-order chi connectivity index (χ1) is 5.26. The maximum atomic E-state index is 4.22. The molecule has 0 radical (unpaired) electrons. The Bertz CT molecular complexity index is 192. The van der Waals surface area contributed by atoms with Crippen LogP contribution in [0.3, 0.4) is 0 Å². The molecule has 1 saturated heterocycles. The molecule has 0 aromatic rings. The molecule has 1 N–H and O–H groups in total. The Morgan fingerprint density at radius 2 is 2.27 bits per heavy atom. The van der Waals surface area contributed by atoms with Crippen LogP contribution in [0.2, 0.25) is 0 Å². The molecule has 1 atom stereocenters. The molecule has 0 bridgehead atoms. The maximum Gasteiger partial charge on any atom is 0.0453 e. The van der Waals surface area contributed by atoms with Crippen LogP contribution in [0.1, 0.15) is 26.2 Å². The molecule has 1 saturated carbocycles. The van der Waals surface area contributed by atoms with Gasteiger partial charge in [-0.25, -0.2) is 0 Å². The Balaban J connectivity index is 1.99. The minimum Gasteiger partial charge on any atom is -0.308 e. The highest BCUT2D eigenvalue weighted by atomic mass is 15.0. The third-order valence-corrected chi connectivity index (χ3v) is 3.17. The van der Waals surface area contributed by atoms with Crippen LogP contribution in [0.15, 0.2) is 4.99 Å². The SMILES string of the molecule is CN=C(C)[C@@H]1CC2(CC2)CN1. The topological polar surface area (TPSA) is 24.4 Å². The number of nitrogens with zero attached hydrogens (tertiary/aromatic N) is 1. The van der Waals surface area contributed by atoms with Gasteiger partial charge in [0.05, 0.1) is 0 Å². The normalized spacial score (nSPS) is 34.7. The van der Waals surface area contributed by atoms with Gasteiger partial charge in [-0.3, -0.25) is 4.99 Å². The Kier molecular flexibility index (Phi) is 1.53. The first-order valence-corrected chi connectivity index (χ1v) is 4.42. The van der Waals surface area contributed by atoms with Gasteiger partial charge in [-0.05, 0) is 31.6 Å². The summed E-state index contributed by atoms with van der Waals surface area (Å²) < 4.78 is 0. The zero-order valence-corrected chi connectivity index (χ0v) is 7.35. The standard InChI is InChI=1S/C9H16N2/c1-7(10-2)8-5-9(3-4-9)6-11-8/h8,11H,3-6H2,1-2H3/t8-/m0/s1. The summed E-state index contributed by atoms with van der Waals surface area (Å²) >= 11 is 0. The average Bonchev–Trinajstić information content (AvgIpc) is 2.61. The third kappa shape index (κ3) is 1.20. The van der Waals surface area contributed by atoms with Crippen LogP contribution in [0.25, 0.3) is 0 Å². The largest absolute Gasteiger partial charge is 0.308 e. The molecule has 11 heavy (non-hydrogen) atoms. The van der Waals surface area contributed by atoms with Gasteiger partial charge in [0, 0.05) is 25.3 Å². The van der Waals surface area contributed by atoms with Crippen LogP contribution in [0.5, 0.6) is 0 Å². The van der Waals surface area contributed by atoms with Gasteiger partial charge in [0.1, 0.15) is 0 Å². The monoisotopic (exact) mass is 152 g/mol. The Hall–Kier alpha value is -0.370. The van der Waals surface area contributed by atoms with E-state index >= 15 is 0 Å². The van der Waals surface area contributed by atoms with E-state index in [9.17, 15) is 0 Å². The second kappa shape index (κ2) is 2.31. The number of nitrogens with one attached hydrogen (secondary N) is 1. The zero-order chi connectivity index (χ0) is 7.90. The highest BCUT2D eigenvalue weighted by molar-refractivity contribution is 5.87. The maximum absolute atomic E-state index is 4.22. The third-order valence-electron chi connectivity index (χ3n) is 3.17. The molecule has 1 heterocycles. The second-order valence-corrected chi connectivity index (χ2v) is 4.00. The van der Waals surface area contributed by atoms with Gasteiger partial charge in [0.15, 0.2) is 0 Å². The molecule has 2 rings (SSSR count). The Morgan fingerprint density at radius 3 is 2.73 bits per heavy atom. The van der Waals surface area contributed by atoms with E-state index in [0.29, 0.717) is 11.5 Å². The van der Waals surface area contributed by atoms with Gasteiger partial charge in [-0.15, -0.1) is 0 Å². The lowest BCUT2D eigenvalue weighted by atomic mass is 10.0. The number of hydrogen-bond acceptors (Lipinski definition) is 2. The molecule has 2 aliphatic rings. The van der Waals surface area contributed by atoms with E-state index in [0.717, 1.165) is 0 Å². The van der Waals surface area contributed by atoms with E-state index in [1.807, 2.05) is 7.05 Å². The lowest BCUT2D eigenvalue weighted by Crippen LogP contribution is -2.28. The van der Waals surface area contributed by atoms with Gasteiger partial charge in [-0.2, -0.15) is 0 Å². The number of rotatable bonds is 1. The van der Waals surface area contributed by atoms with Crippen molar-refractivity contribution in [1.82, 2.24) is 5.32 Å². The van der Waals surface area contributed by atoms with Crippen molar-refractivity contribution in [3.8, 4) is 0 Å². The first-order valence-electron chi connectivity index (χ1n) is 4.42. The van der Waals surface area contributed by atoms with Crippen LogP contribution in [0.4, 0.5) is 0 Å². The van der Waals surface area contributed by atoms with Crippen molar-refractivity contribution in [1.29, 1.82) is 0 Å². The minimum absolute atomic E-state index is 0.586. The van der Waals surface area contributed by atoms with E-state index in [4.69, 9.17) is 0 Å². The molecule has 2 nitrogen and oxygen atoms in total. The summed E-state index contributed by atoms with van der Waals surface area (Å²) in [5.74, 6) is 0. The van der Waals surface area contributed by atoms with E-state index < -0.39 is 0 Å². The van der Waals surface area contributed by atoms with Crippen molar-refractivity contribution in [3.63, 3.8) is 0 Å². The molecule has 2 heteroatoms. The Morgan fingerprint density at radius 1 is 1.55 bits per heavy atom. The summed E-state index contributed by atoms with van der Waals surface area (Å²) in [6, 6.07) is 0.586. The molecule has 0 amide bonds. The summed E-state index contributed by atoms with van der Waals surface area (Å²) in [5.41, 5.74) is 1.98. The summed E-state index contributed by atoms with van der Waals surface area (Å²) in [7, 11) is 1.88. The predicted molar refractivity (Wildman–Crippen MR) is 47.1 cm³/mol. The van der Waals surface area contributed by atoms with Crippen LogP contribution in [0, 0.1) is 5.41 Å². The summed E-state index contributed by atoms with van der Waals surface area (Å²) in [5, 5.41) is 3.53. The zero-order valence-electron chi connectivity index (χ0n) is 7.35. The van der Waals surface area contributed by atoms with Gasteiger partial charge < -0.3 is 5.32 Å². The minimum atomic E-state index is 0.586. The smallest absolute Gasteiger partial charge is 0.0453 e. The van der Waals surface area contributed by atoms with Crippen molar-refractivity contribution >= 4 is 5.71 Å². The second-order valence-electron chi connectivity index (χ2n) is 4.00. The number of hydrogen-bond donors (Lipinski definition) is 1. The van der Waals surface area contributed by atoms with Gasteiger partial charge in [0.25, 0.3) is 0 Å². The quantitative estimate of drug-likeness (QED) is 0.561. The van der Waals surface area contributed by atoms with Gasteiger partial charge in [-0.1, -0.05) is 0 Å². The molecule has 2 fully saturated rings.